The molecule has 1 aromatic heterocycles. The topological polar surface area (TPSA) is 59.4 Å². The van der Waals surface area contributed by atoms with Crippen LogP contribution in [-0.2, 0) is 15.1 Å². The molecule has 0 saturated carbocycles. The van der Waals surface area contributed by atoms with Crippen molar-refractivity contribution in [2.45, 2.75) is 33.3 Å². The predicted molar refractivity (Wildman–Crippen MR) is 68.8 cm³/mol. The lowest BCUT2D eigenvalue weighted by atomic mass is 9.78. The van der Waals surface area contributed by atoms with Gasteiger partial charge in [0.15, 0.2) is 0 Å². The zero-order valence-electron chi connectivity index (χ0n) is 11.4. The highest BCUT2D eigenvalue weighted by atomic mass is 16.5. The number of hydrogen-bond acceptors (Lipinski definition) is 4. The maximum Gasteiger partial charge on any atom is 0.312 e. The third-order valence-corrected chi connectivity index (χ3v) is 3.00. The van der Waals surface area contributed by atoms with Gasteiger partial charge in [0.1, 0.15) is 5.60 Å². The summed E-state index contributed by atoms with van der Waals surface area (Å²) in [4.78, 5) is 16.1. The van der Waals surface area contributed by atoms with Gasteiger partial charge in [-0.1, -0.05) is 19.9 Å². The number of hydrogen-bond donors (Lipinski definition) is 1. The highest BCUT2D eigenvalue weighted by Gasteiger charge is 2.42. The maximum absolute atomic E-state index is 12.0. The summed E-state index contributed by atoms with van der Waals surface area (Å²) in [5.41, 5.74) is -0.849. The van der Waals surface area contributed by atoms with Crippen molar-refractivity contribution in [1.29, 1.82) is 0 Å². The first-order valence-electron chi connectivity index (χ1n) is 6.21. The van der Waals surface area contributed by atoms with Crippen LogP contribution in [0.15, 0.2) is 24.4 Å². The fourth-order valence-electron chi connectivity index (χ4n) is 2.20. The predicted octanol–water partition coefficient (Wildman–Crippen LogP) is 2.12. The number of nitrogens with zero attached hydrogens (tertiary/aromatic N) is 1. The van der Waals surface area contributed by atoms with E-state index in [9.17, 15) is 9.90 Å². The first-order chi connectivity index (χ1) is 8.41. The minimum atomic E-state index is -1.33. The molecule has 1 heterocycles. The van der Waals surface area contributed by atoms with Gasteiger partial charge in [0.2, 0.25) is 0 Å². The molecular weight excluding hydrogens is 230 g/mol. The summed E-state index contributed by atoms with van der Waals surface area (Å²) >= 11 is 0. The van der Waals surface area contributed by atoms with E-state index in [4.69, 9.17) is 4.74 Å². The molecule has 0 amide bonds. The normalized spacial score (nSPS) is 16.1. The maximum atomic E-state index is 12.0. The fraction of sp³-hybridized carbons (Fsp3) is 0.571. The Balaban J connectivity index is 3.08. The van der Waals surface area contributed by atoms with Crippen LogP contribution in [0, 0.1) is 11.8 Å². The molecule has 0 aliphatic rings. The Morgan fingerprint density at radius 2 is 2.17 bits per heavy atom. The van der Waals surface area contributed by atoms with Gasteiger partial charge in [-0.05, 0) is 31.9 Å². The number of ether oxygens (including phenoxy) is 1. The Morgan fingerprint density at radius 1 is 1.50 bits per heavy atom. The van der Waals surface area contributed by atoms with Gasteiger partial charge in [-0.3, -0.25) is 9.78 Å². The third kappa shape index (κ3) is 3.07. The Morgan fingerprint density at radius 3 is 2.61 bits per heavy atom. The summed E-state index contributed by atoms with van der Waals surface area (Å²) in [6.07, 6.45) is 1.60. The standard InChI is InChI=1S/C14H21NO3/c1-5-18-13(16)12(10(2)3)14(4,17)11-8-6-7-9-15-11/h6-10,12,17H,5H2,1-4H3. The summed E-state index contributed by atoms with van der Waals surface area (Å²) in [6, 6.07) is 5.28. The van der Waals surface area contributed by atoms with E-state index in [2.05, 4.69) is 4.98 Å². The van der Waals surface area contributed by atoms with Crippen LogP contribution >= 0.6 is 0 Å². The molecule has 0 fully saturated rings. The number of carbonyl (C=O) groups is 1. The smallest absolute Gasteiger partial charge is 0.312 e. The van der Waals surface area contributed by atoms with E-state index in [1.54, 1.807) is 38.2 Å². The molecule has 0 saturated heterocycles. The molecule has 0 spiro atoms. The van der Waals surface area contributed by atoms with E-state index in [1.807, 2.05) is 13.8 Å². The van der Waals surface area contributed by atoms with E-state index in [1.165, 1.54) is 0 Å². The van der Waals surface area contributed by atoms with Crippen LogP contribution in [0.25, 0.3) is 0 Å². The molecular formula is C14H21NO3. The van der Waals surface area contributed by atoms with Crippen molar-refractivity contribution in [1.82, 2.24) is 4.98 Å². The van der Waals surface area contributed by atoms with Crippen LogP contribution in [0.1, 0.15) is 33.4 Å². The van der Waals surface area contributed by atoms with Crippen molar-refractivity contribution in [2.75, 3.05) is 6.61 Å². The zero-order chi connectivity index (χ0) is 13.8. The monoisotopic (exact) mass is 251 g/mol. The summed E-state index contributed by atoms with van der Waals surface area (Å²) in [6.45, 7) is 7.44. The second-order valence-electron chi connectivity index (χ2n) is 4.84. The van der Waals surface area contributed by atoms with Crippen LogP contribution in [0.3, 0.4) is 0 Å². The molecule has 1 rings (SSSR count). The van der Waals surface area contributed by atoms with Gasteiger partial charge >= 0.3 is 5.97 Å². The number of pyridine rings is 1. The minimum absolute atomic E-state index is 0.0407. The van der Waals surface area contributed by atoms with E-state index < -0.39 is 11.5 Å². The average molecular weight is 251 g/mol. The van der Waals surface area contributed by atoms with E-state index in [0.29, 0.717) is 12.3 Å². The largest absolute Gasteiger partial charge is 0.466 e. The highest BCUT2D eigenvalue weighted by Crippen LogP contribution is 2.34. The molecule has 100 valence electrons. The molecule has 1 N–H and O–H groups in total. The molecule has 0 aliphatic carbocycles. The van der Waals surface area contributed by atoms with Gasteiger partial charge in [-0.2, -0.15) is 0 Å². The minimum Gasteiger partial charge on any atom is -0.466 e. The van der Waals surface area contributed by atoms with Crippen LogP contribution < -0.4 is 0 Å². The zero-order valence-corrected chi connectivity index (χ0v) is 11.4. The Labute approximate surface area is 108 Å². The molecule has 4 nitrogen and oxygen atoms in total. The molecule has 0 aliphatic heterocycles. The quantitative estimate of drug-likeness (QED) is 0.814. The van der Waals surface area contributed by atoms with Crippen molar-refractivity contribution >= 4 is 5.97 Å². The molecule has 0 aromatic carbocycles. The van der Waals surface area contributed by atoms with Gasteiger partial charge in [0.25, 0.3) is 0 Å². The highest BCUT2D eigenvalue weighted by molar-refractivity contribution is 5.74. The molecule has 0 bridgehead atoms. The van der Waals surface area contributed by atoms with Crippen molar-refractivity contribution in [3.05, 3.63) is 30.1 Å². The second kappa shape index (κ2) is 5.96. The Kier molecular flexibility index (Phi) is 4.84. The van der Waals surface area contributed by atoms with Crippen molar-refractivity contribution in [3.63, 3.8) is 0 Å². The second-order valence-corrected chi connectivity index (χ2v) is 4.84. The van der Waals surface area contributed by atoms with Crippen molar-refractivity contribution < 1.29 is 14.6 Å². The Hall–Kier alpha value is -1.42. The fourth-order valence-corrected chi connectivity index (χ4v) is 2.20. The number of carbonyl (C=O) groups excluding carboxylic acids is 1. The van der Waals surface area contributed by atoms with E-state index >= 15 is 0 Å². The van der Waals surface area contributed by atoms with Crippen LogP contribution in [-0.4, -0.2) is 22.7 Å². The average Bonchev–Trinajstić information content (AvgIpc) is 2.29. The lowest BCUT2D eigenvalue weighted by Crippen LogP contribution is -2.42. The number of aliphatic hydroxyl groups is 1. The third-order valence-electron chi connectivity index (χ3n) is 3.00. The first kappa shape index (κ1) is 14.6. The number of aromatic nitrogens is 1. The molecule has 18 heavy (non-hydrogen) atoms. The molecule has 2 unspecified atom stereocenters. The Bertz CT molecular complexity index is 387. The van der Waals surface area contributed by atoms with Crippen LogP contribution in [0.5, 0.6) is 0 Å². The van der Waals surface area contributed by atoms with Crippen molar-refractivity contribution in [2.24, 2.45) is 11.8 Å². The molecule has 0 radical (unpaired) electrons. The van der Waals surface area contributed by atoms with Crippen LogP contribution in [0.4, 0.5) is 0 Å². The number of rotatable bonds is 5. The van der Waals surface area contributed by atoms with Gasteiger partial charge in [0, 0.05) is 6.20 Å². The summed E-state index contributed by atoms with van der Waals surface area (Å²) in [7, 11) is 0. The molecule has 2 atom stereocenters. The molecule has 1 aromatic rings. The van der Waals surface area contributed by atoms with E-state index in [-0.39, 0.29) is 11.9 Å². The van der Waals surface area contributed by atoms with Crippen LogP contribution in [0.2, 0.25) is 0 Å². The van der Waals surface area contributed by atoms with Gasteiger partial charge in [-0.25, -0.2) is 0 Å². The summed E-state index contributed by atoms with van der Waals surface area (Å²) in [5.74, 6) is -1.06. The number of esters is 1. The summed E-state index contributed by atoms with van der Waals surface area (Å²) < 4.78 is 5.05. The SMILES string of the molecule is CCOC(=O)C(C(C)C)C(C)(O)c1ccccn1. The van der Waals surface area contributed by atoms with Gasteiger partial charge < -0.3 is 9.84 Å². The van der Waals surface area contributed by atoms with Crippen molar-refractivity contribution in [3.8, 4) is 0 Å². The van der Waals surface area contributed by atoms with Gasteiger partial charge in [0.05, 0.1) is 18.2 Å². The summed E-state index contributed by atoms with van der Waals surface area (Å²) in [5, 5.41) is 10.6. The molecule has 4 heteroatoms. The lowest BCUT2D eigenvalue weighted by molar-refractivity contribution is -0.161. The van der Waals surface area contributed by atoms with E-state index in [0.717, 1.165) is 0 Å². The first-order valence-corrected chi connectivity index (χ1v) is 6.21. The lowest BCUT2D eigenvalue weighted by Gasteiger charge is -2.33. The van der Waals surface area contributed by atoms with Gasteiger partial charge in [-0.15, -0.1) is 0 Å².